The van der Waals surface area contributed by atoms with E-state index in [0.29, 0.717) is 5.69 Å². The van der Waals surface area contributed by atoms with E-state index in [1.165, 1.54) is 6.92 Å². The molecule has 1 aromatic carbocycles. The summed E-state index contributed by atoms with van der Waals surface area (Å²) in [6.07, 6.45) is 3.08. The topological polar surface area (TPSA) is 94.8 Å². The summed E-state index contributed by atoms with van der Waals surface area (Å²) >= 11 is 0. The fourth-order valence-corrected chi connectivity index (χ4v) is 2.22. The minimum atomic E-state index is -0.656. The van der Waals surface area contributed by atoms with Gasteiger partial charge in [-0.05, 0) is 57.5 Å². The number of rotatable bonds is 4. The van der Waals surface area contributed by atoms with Crippen molar-refractivity contribution in [3.8, 4) is 5.75 Å². The molecule has 0 bridgehead atoms. The number of benzene rings is 1. The third kappa shape index (κ3) is 4.72. The molecule has 0 atom stereocenters. The van der Waals surface area contributed by atoms with Gasteiger partial charge < -0.3 is 15.3 Å². The quantitative estimate of drug-likeness (QED) is 0.513. The first-order chi connectivity index (χ1) is 12.1. The maximum absolute atomic E-state index is 12.4. The molecule has 138 valence electrons. The number of hydroxylamine groups is 1. The van der Waals surface area contributed by atoms with E-state index in [1.807, 2.05) is 0 Å². The van der Waals surface area contributed by atoms with Crippen LogP contribution in [0.15, 0.2) is 36.7 Å². The van der Waals surface area contributed by atoms with Gasteiger partial charge in [-0.3, -0.25) is 9.78 Å². The number of nitrogens with zero attached hydrogens (tertiary/aromatic N) is 2. The van der Waals surface area contributed by atoms with Gasteiger partial charge in [0.15, 0.2) is 5.75 Å². The second kappa shape index (κ2) is 7.43. The van der Waals surface area contributed by atoms with Crippen molar-refractivity contribution in [3.05, 3.63) is 47.8 Å². The number of hydrogen-bond acceptors (Lipinski definition) is 6. The van der Waals surface area contributed by atoms with Crippen molar-refractivity contribution in [3.63, 3.8) is 0 Å². The lowest BCUT2D eigenvalue weighted by molar-refractivity contribution is -0.120. The first-order valence-electron chi connectivity index (χ1n) is 8.10. The number of ether oxygens (including phenoxy) is 1. The molecule has 7 heteroatoms. The van der Waals surface area contributed by atoms with Gasteiger partial charge in [-0.2, -0.15) is 0 Å². The van der Waals surface area contributed by atoms with Crippen LogP contribution in [0.1, 0.15) is 43.6 Å². The molecule has 0 fully saturated rings. The molecule has 0 unspecified atom stereocenters. The molecule has 2 aromatic rings. The van der Waals surface area contributed by atoms with Gasteiger partial charge in [-0.1, -0.05) is 0 Å². The van der Waals surface area contributed by atoms with Gasteiger partial charge in [0.05, 0.1) is 16.9 Å². The molecular weight excluding hydrogens is 334 g/mol. The number of carbonyl (C=O) groups is 2. The molecule has 0 saturated heterocycles. The Bertz CT molecular complexity index is 814. The summed E-state index contributed by atoms with van der Waals surface area (Å²) < 4.78 is 5.39. The minimum Gasteiger partial charge on any atom is -0.456 e. The lowest BCUT2D eigenvalue weighted by Crippen LogP contribution is -2.32. The van der Waals surface area contributed by atoms with E-state index in [1.54, 1.807) is 64.4 Å². The highest BCUT2D eigenvalue weighted by Gasteiger charge is 2.24. The maximum atomic E-state index is 12.4. The Hall–Kier alpha value is -3.09. The summed E-state index contributed by atoms with van der Waals surface area (Å²) in [5, 5.41) is 1.09. The van der Waals surface area contributed by atoms with E-state index >= 15 is 0 Å². The summed E-state index contributed by atoms with van der Waals surface area (Å²) in [5.41, 5.74) is 6.99. The van der Waals surface area contributed by atoms with Gasteiger partial charge in [-0.25, -0.2) is 4.79 Å². The molecule has 0 spiro atoms. The molecule has 2 rings (SSSR count). The zero-order chi connectivity index (χ0) is 19.5. The minimum absolute atomic E-state index is 0.102. The third-order valence-electron chi connectivity index (χ3n) is 3.28. The Morgan fingerprint density at radius 1 is 1.15 bits per heavy atom. The van der Waals surface area contributed by atoms with Crippen molar-refractivity contribution in [2.24, 2.45) is 0 Å². The Kier molecular flexibility index (Phi) is 5.50. The average Bonchev–Trinajstić information content (AvgIpc) is 2.54. The normalized spacial score (nSPS) is 11.0. The van der Waals surface area contributed by atoms with Gasteiger partial charge in [0.1, 0.15) is 5.60 Å². The van der Waals surface area contributed by atoms with Gasteiger partial charge in [-0.15, -0.1) is 5.06 Å². The summed E-state index contributed by atoms with van der Waals surface area (Å²) in [6, 6.07) is 6.53. The highest BCUT2D eigenvalue weighted by molar-refractivity contribution is 5.97. The number of aromatic nitrogens is 1. The predicted octanol–water partition coefficient (Wildman–Crippen LogP) is 3.27. The molecule has 2 N–H and O–H groups in total. The van der Waals surface area contributed by atoms with Gasteiger partial charge >= 0.3 is 5.97 Å². The fraction of sp³-hybridized carbons (Fsp3) is 0.316. The average molecular weight is 357 g/mol. The second-order valence-electron chi connectivity index (χ2n) is 6.84. The Labute approximate surface area is 152 Å². The van der Waals surface area contributed by atoms with Crippen LogP contribution in [0.3, 0.4) is 0 Å². The summed E-state index contributed by atoms with van der Waals surface area (Å²) in [4.78, 5) is 34.1. The standard InChI is InChI=1S/C19H23N3O4/c1-12-10-15(18(24)25-19(3,4)5)17(20)16(11-12)26-22(13(2)23)14-6-8-21-9-7-14/h6-11H,20H2,1-5H3. The molecule has 1 heterocycles. The largest absolute Gasteiger partial charge is 0.456 e. The molecule has 0 aliphatic carbocycles. The van der Waals surface area contributed by atoms with Gasteiger partial charge in [0.25, 0.3) is 5.91 Å². The van der Waals surface area contributed by atoms with E-state index in [0.717, 1.165) is 10.6 Å². The van der Waals surface area contributed by atoms with Crippen LogP contribution < -0.4 is 15.6 Å². The number of anilines is 2. The second-order valence-corrected chi connectivity index (χ2v) is 6.84. The first-order valence-corrected chi connectivity index (χ1v) is 8.10. The van der Waals surface area contributed by atoms with E-state index < -0.39 is 11.6 Å². The number of pyridine rings is 1. The Morgan fingerprint density at radius 3 is 2.31 bits per heavy atom. The fourth-order valence-electron chi connectivity index (χ4n) is 2.22. The lowest BCUT2D eigenvalue weighted by atomic mass is 10.1. The lowest BCUT2D eigenvalue weighted by Gasteiger charge is -2.24. The van der Waals surface area contributed by atoms with E-state index in [2.05, 4.69) is 4.98 Å². The molecular formula is C19H23N3O4. The van der Waals surface area contributed by atoms with Crippen molar-refractivity contribution in [2.45, 2.75) is 40.2 Å². The monoisotopic (exact) mass is 357 g/mol. The van der Waals surface area contributed by atoms with Gasteiger partial charge in [0, 0.05) is 19.3 Å². The summed E-state index contributed by atoms with van der Waals surface area (Å²) in [6.45, 7) is 8.48. The highest BCUT2D eigenvalue weighted by atomic mass is 16.7. The van der Waals surface area contributed by atoms with Crippen LogP contribution in [0.2, 0.25) is 0 Å². The van der Waals surface area contributed by atoms with Crippen LogP contribution in [0, 0.1) is 6.92 Å². The van der Waals surface area contributed by atoms with Crippen molar-refractivity contribution in [2.75, 3.05) is 10.8 Å². The maximum Gasteiger partial charge on any atom is 0.340 e. The van der Waals surface area contributed by atoms with E-state index in [-0.39, 0.29) is 22.9 Å². The van der Waals surface area contributed by atoms with Gasteiger partial charge in [0.2, 0.25) is 0 Å². The molecule has 0 aliphatic heterocycles. The van der Waals surface area contributed by atoms with Crippen LogP contribution in [0.5, 0.6) is 5.75 Å². The Morgan fingerprint density at radius 2 is 1.77 bits per heavy atom. The Balaban J connectivity index is 2.40. The van der Waals surface area contributed by atoms with E-state index in [9.17, 15) is 9.59 Å². The molecule has 7 nitrogen and oxygen atoms in total. The molecule has 1 aromatic heterocycles. The highest BCUT2D eigenvalue weighted by Crippen LogP contribution is 2.31. The van der Waals surface area contributed by atoms with Crippen molar-refractivity contribution < 1.29 is 19.2 Å². The number of esters is 1. The number of nitrogen functional groups attached to an aromatic ring is 1. The van der Waals surface area contributed by atoms with Crippen LogP contribution in [-0.2, 0) is 9.53 Å². The molecule has 26 heavy (non-hydrogen) atoms. The number of amides is 1. The van der Waals surface area contributed by atoms with Crippen molar-refractivity contribution in [1.82, 2.24) is 4.98 Å². The van der Waals surface area contributed by atoms with Crippen LogP contribution in [-0.4, -0.2) is 22.5 Å². The van der Waals surface area contributed by atoms with Crippen LogP contribution in [0.4, 0.5) is 11.4 Å². The number of hydrogen-bond donors (Lipinski definition) is 1. The summed E-state index contributed by atoms with van der Waals surface area (Å²) in [5.74, 6) is -0.712. The van der Waals surface area contributed by atoms with Crippen LogP contribution in [0.25, 0.3) is 0 Å². The predicted molar refractivity (Wildman–Crippen MR) is 98.8 cm³/mol. The smallest absolute Gasteiger partial charge is 0.340 e. The van der Waals surface area contributed by atoms with Crippen molar-refractivity contribution in [1.29, 1.82) is 0 Å². The first kappa shape index (κ1) is 19.2. The van der Waals surface area contributed by atoms with Crippen molar-refractivity contribution >= 4 is 23.3 Å². The van der Waals surface area contributed by atoms with E-state index in [4.69, 9.17) is 15.3 Å². The number of nitrogens with two attached hydrogens (primary N) is 1. The molecule has 0 saturated carbocycles. The molecule has 1 amide bonds. The SMILES string of the molecule is CC(=O)N(Oc1cc(C)cc(C(=O)OC(C)(C)C)c1N)c1ccncc1. The zero-order valence-corrected chi connectivity index (χ0v) is 15.6. The molecule has 0 aliphatic rings. The third-order valence-corrected chi connectivity index (χ3v) is 3.28. The van der Waals surface area contributed by atoms with Crippen LogP contribution >= 0.6 is 0 Å². The summed E-state index contributed by atoms with van der Waals surface area (Å²) in [7, 11) is 0. The zero-order valence-electron chi connectivity index (χ0n) is 15.6. The molecule has 0 radical (unpaired) electrons. The number of aryl methyl sites for hydroxylation is 1. The number of carbonyl (C=O) groups excluding carboxylic acids is 2.